The van der Waals surface area contributed by atoms with E-state index >= 15 is 0 Å². The van der Waals surface area contributed by atoms with Crippen LogP contribution in [0.4, 0.5) is 0 Å². The van der Waals surface area contributed by atoms with Gasteiger partial charge in [-0.2, -0.15) is 0 Å². The molecular weight excluding hydrogens is 374 g/mol. The number of unbranched alkanes of at least 4 members (excludes halogenated alkanes) is 1. The molecule has 0 unspecified atom stereocenters. The Bertz CT molecular complexity index is 904. The van der Waals surface area contributed by atoms with Gasteiger partial charge in [-0.15, -0.1) is 10.2 Å². The maximum absolute atomic E-state index is 12.4. The highest BCUT2D eigenvalue weighted by Crippen LogP contribution is 2.17. The van der Waals surface area contributed by atoms with Gasteiger partial charge in [-0.3, -0.25) is 4.79 Å². The molecule has 0 fully saturated rings. The van der Waals surface area contributed by atoms with Gasteiger partial charge in [0.05, 0.1) is 6.04 Å². The molecule has 3 rings (SSSR count). The zero-order valence-corrected chi connectivity index (χ0v) is 17.9. The van der Waals surface area contributed by atoms with E-state index in [1.807, 2.05) is 6.07 Å². The summed E-state index contributed by atoms with van der Waals surface area (Å²) in [6, 6.07) is 18.8. The predicted molar refractivity (Wildman–Crippen MR) is 118 cm³/mol. The largest absolute Gasteiger partial charge is 0.425 e. The molecule has 0 aliphatic rings. The van der Waals surface area contributed by atoms with E-state index in [2.05, 4.69) is 77.9 Å². The first-order valence-corrected chi connectivity index (χ1v) is 10.8. The molecule has 1 amide bonds. The lowest BCUT2D eigenvalue weighted by Gasteiger charge is -2.17. The van der Waals surface area contributed by atoms with Crippen LogP contribution in [-0.2, 0) is 24.1 Å². The summed E-state index contributed by atoms with van der Waals surface area (Å²) in [5.74, 6) is 1.20. The zero-order valence-electron chi connectivity index (χ0n) is 17.9. The Kier molecular flexibility index (Phi) is 8.19. The van der Waals surface area contributed by atoms with Crippen LogP contribution in [0, 0.1) is 6.92 Å². The summed E-state index contributed by atoms with van der Waals surface area (Å²) in [4.78, 5) is 12.4. The van der Waals surface area contributed by atoms with Crippen molar-refractivity contribution in [3.05, 3.63) is 83.1 Å². The smallest absolute Gasteiger partial charge is 0.220 e. The average molecular weight is 406 g/mol. The van der Waals surface area contributed by atoms with E-state index in [-0.39, 0.29) is 11.9 Å². The first kappa shape index (κ1) is 21.8. The van der Waals surface area contributed by atoms with E-state index in [1.165, 1.54) is 11.1 Å². The van der Waals surface area contributed by atoms with Crippen molar-refractivity contribution >= 4 is 5.91 Å². The van der Waals surface area contributed by atoms with Crippen LogP contribution in [0.2, 0.25) is 0 Å². The van der Waals surface area contributed by atoms with Crippen LogP contribution in [0.5, 0.6) is 0 Å². The third kappa shape index (κ3) is 6.83. The van der Waals surface area contributed by atoms with Crippen molar-refractivity contribution in [2.45, 2.75) is 64.8 Å². The van der Waals surface area contributed by atoms with Crippen LogP contribution in [0.3, 0.4) is 0 Å². The van der Waals surface area contributed by atoms with Gasteiger partial charge in [0, 0.05) is 19.3 Å². The third-order valence-electron chi connectivity index (χ3n) is 5.25. The number of hydrogen-bond acceptors (Lipinski definition) is 4. The lowest BCUT2D eigenvalue weighted by atomic mass is 10.0. The van der Waals surface area contributed by atoms with Crippen molar-refractivity contribution in [2.24, 2.45) is 0 Å². The quantitative estimate of drug-likeness (QED) is 0.448. The molecule has 1 atom stereocenters. The predicted octanol–water partition coefficient (Wildman–Crippen LogP) is 5.14. The fourth-order valence-corrected chi connectivity index (χ4v) is 3.45. The number of nitrogens with zero attached hydrogens (tertiary/aromatic N) is 2. The summed E-state index contributed by atoms with van der Waals surface area (Å²) in [6.45, 7) is 4.14. The molecule has 0 saturated carbocycles. The summed E-state index contributed by atoms with van der Waals surface area (Å²) >= 11 is 0. The van der Waals surface area contributed by atoms with Crippen LogP contribution in [-0.4, -0.2) is 16.1 Å². The van der Waals surface area contributed by atoms with Gasteiger partial charge >= 0.3 is 0 Å². The molecule has 0 spiro atoms. The van der Waals surface area contributed by atoms with Gasteiger partial charge in [-0.1, -0.05) is 67.1 Å². The lowest BCUT2D eigenvalue weighted by Crippen LogP contribution is -2.28. The van der Waals surface area contributed by atoms with E-state index in [9.17, 15) is 4.79 Å². The fourth-order valence-electron chi connectivity index (χ4n) is 3.45. The maximum atomic E-state index is 12.4. The SMILES string of the molecule is CC[C@@H](NC(=O)CCc1nnc(CCCCc2ccccc2)o1)c1ccc(C)cc1. The van der Waals surface area contributed by atoms with Gasteiger partial charge in [0.1, 0.15) is 0 Å². The second-order valence-electron chi connectivity index (χ2n) is 7.72. The summed E-state index contributed by atoms with van der Waals surface area (Å²) in [5, 5.41) is 11.3. The van der Waals surface area contributed by atoms with E-state index in [0.717, 1.165) is 37.7 Å². The minimum Gasteiger partial charge on any atom is -0.425 e. The number of amides is 1. The number of rotatable bonds is 11. The van der Waals surface area contributed by atoms with Gasteiger partial charge in [0.15, 0.2) is 0 Å². The molecule has 0 saturated heterocycles. The van der Waals surface area contributed by atoms with Crippen molar-refractivity contribution in [1.82, 2.24) is 15.5 Å². The summed E-state index contributed by atoms with van der Waals surface area (Å²) < 4.78 is 5.71. The minimum atomic E-state index is 0.00466. The minimum absolute atomic E-state index is 0.00466. The van der Waals surface area contributed by atoms with Crippen LogP contribution >= 0.6 is 0 Å². The van der Waals surface area contributed by atoms with Crippen molar-refractivity contribution < 1.29 is 9.21 Å². The summed E-state index contributed by atoms with van der Waals surface area (Å²) in [7, 11) is 0. The standard InChI is InChI=1S/C25H31N3O2/c1-3-22(21-15-13-19(2)14-16-21)26-23(29)17-18-25-28-27-24(30-25)12-8-7-11-20-9-5-4-6-10-20/h4-6,9-10,13-16,22H,3,7-8,11-12,17-18H2,1-2H3,(H,26,29)/t22-/m1/s1. The summed E-state index contributed by atoms with van der Waals surface area (Å²) in [6.07, 6.45) is 5.58. The number of aromatic nitrogens is 2. The molecular formula is C25H31N3O2. The summed E-state index contributed by atoms with van der Waals surface area (Å²) in [5.41, 5.74) is 3.70. The highest BCUT2D eigenvalue weighted by Gasteiger charge is 2.14. The molecule has 3 aromatic rings. The van der Waals surface area contributed by atoms with Gasteiger partial charge in [0.25, 0.3) is 0 Å². The van der Waals surface area contributed by atoms with Crippen LogP contribution in [0.15, 0.2) is 59.0 Å². The fraction of sp³-hybridized carbons (Fsp3) is 0.400. The number of carbonyl (C=O) groups is 1. The number of hydrogen-bond donors (Lipinski definition) is 1. The average Bonchev–Trinajstić information content (AvgIpc) is 3.23. The molecule has 0 aliphatic carbocycles. The van der Waals surface area contributed by atoms with E-state index < -0.39 is 0 Å². The van der Waals surface area contributed by atoms with Crippen molar-refractivity contribution in [3.63, 3.8) is 0 Å². The van der Waals surface area contributed by atoms with E-state index in [0.29, 0.717) is 24.6 Å². The second kappa shape index (κ2) is 11.3. The highest BCUT2D eigenvalue weighted by molar-refractivity contribution is 5.76. The van der Waals surface area contributed by atoms with Gasteiger partial charge in [-0.05, 0) is 43.7 Å². The number of benzene rings is 2. The van der Waals surface area contributed by atoms with E-state index in [4.69, 9.17) is 4.42 Å². The number of nitrogens with one attached hydrogen (secondary N) is 1. The molecule has 5 nitrogen and oxygen atoms in total. The first-order chi connectivity index (χ1) is 14.6. The molecule has 2 aromatic carbocycles. The van der Waals surface area contributed by atoms with E-state index in [1.54, 1.807) is 0 Å². The molecule has 0 radical (unpaired) electrons. The monoisotopic (exact) mass is 405 g/mol. The Morgan fingerprint density at radius 1 is 0.933 bits per heavy atom. The maximum Gasteiger partial charge on any atom is 0.220 e. The van der Waals surface area contributed by atoms with Crippen molar-refractivity contribution in [2.75, 3.05) is 0 Å². The topological polar surface area (TPSA) is 68.0 Å². The zero-order chi connectivity index (χ0) is 21.2. The Morgan fingerprint density at radius 3 is 2.30 bits per heavy atom. The Balaban J connectivity index is 1.38. The van der Waals surface area contributed by atoms with Gasteiger partial charge < -0.3 is 9.73 Å². The van der Waals surface area contributed by atoms with Gasteiger partial charge in [-0.25, -0.2) is 0 Å². The van der Waals surface area contributed by atoms with Crippen molar-refractivity contribution in [1.29, 1.82) is 0 Å². The molecule has 0 bridgehead atoms. The normalized spacial score (nSPS) is 11.9. The van der Waals surface area contributed by atoms with Crippen LogP contribution in [0.1, 0.15) is 67.1 Å². The Labute approximate surface area is 178 Å². The molecule has 1 N–H and O–H groups in total. The third-order valence-corrected chi connectivity index (χ3v) is 5.25. The first-order valence-electron chi connectivity index (χ1n) is 10.8. The Hall–Kier alpha value is -2.95. The Morgan fingerprint density at radius 2 is 1.60 bits per heavy atom. The number of carbonyl (C=O) groups excluding carboxylic acids is 1. The molecule has 5 heteroatoms. The number of aryl methyl sites for hydroxylation is 4. The van der Waals surface area contributed by atoms with Crippen LogP contribution < -0.4 is 5.32 Å². The van der Waals surface area contributed by atoms with Crippen molar-refractivity contribution in [3.8, 4) is 0 Å². The molecule has 30 heavy (non-hydrogen) atoms. The molecule has 0 aliphatic heterocycles. The highest BCUT2D eigenvalue weighted by atomic mass is 16.4. The van der Waals surface area contributed by atoms with Gasteiger partial charge in [0.2, 0.25) is 17.7 Å². The van der Waals surface area contributed by atoms with Crippen LogP contribution in [0.25, 0.3) is 0 Å². The molecule has 1 aromatic heterocycles. The second-order valence-corrected chi connectivity index (χ2v) is 7.72. The molecule has 158 valence electrons. The lowest BCUT2D eigenvalue weighted by molar-refractivity contribution is -0.121. The molecule has 1 heterocycles.